The number of carbonyl (C=O) groups excluding carboxylic acids is 1. The molecule has 2 aromatic rings. The Morgan fingerprint density at radius 3 is 2.46 bits per heavy atom. The monoisotopic (exact) mass is 416 g/mol. The number of phenolic OH excluding ortho intramolecular Hbond substituents is 1. The SMILES string of the molecule is COc1cc(/C=C(\C#N)C(=O)Nc2ccc(C(=O)O)cc2)cc(Br)c1O. The summed E-state index contributed by atoms with van der Waals surface area (Å²) in [5, 5.41) is 30.4. The minimum atomic E-state index is -1.08. The van der Waals surface area contributed by atoms with Crippen LogP contribution in [-0.4, -0.2) is 29.2 Å². The van der Waals surface area contributed by atoms with Crippen LogP contribution in [0.3, 0.4) is 0 Å². The smallest absolute Gasteiger partial charge is 0.335 e. The third kappa shape index (κ3) is 4.40. The Morgan fingerprint density at radius 1 is 1.27 bits per heavy atom. The Kier molecular flexibility index (Phi) is 5.98. The number of methoxy groups -OCH3 is 1. The lowest BCUT2D eigenvalue weighted by molar-refractivity contribution is -0.112. The van der Waals surface area contributed by atoms with Crippen molar-refractivity contribution in [2.24, 2.45) is 0 Å². The molecule has 1 amide bonds. The van der Waals surface area contributed by atoms with Crippen molar-refractivity contribution in [3.63, 3.8) is 0 Å². The van der Waals surface area contributed by atoms with Crippen LogP contribution in [0.5, 0.6) is 11.5 Å². The molecule has 0 spiro atoms. The lowest BCUT2D eigenvalue weighted by Crippen LogP contribution is -2.13. The number of aromatic hydroxyl groups is 1. The Labute approximate surface area is 157 Å². The zero-order valence-corrected chi connectivity index (χ0v) is 15.1. The first-order valence-corrected chi connectivity index (χ1v) is 7.98. The molecule has 26 heavy (non-hydrogen) atoms. The maximum absolute atomic E-state index is 12.3. The van der Waals surface area contributed by atoms with E-state index in [-0.39, 0.29) is 22.6 Å². The molecule has 0 aliphatic rings. The molecule has 8 heteroatoms. The molecule has 132 valence electrons. The van der Waals surface area contributed by atoms with Crippen molar-refractivity contribution in [2.75, 3.05) is 12.4 Å². The van der Waals surface area contributed by atoms with Crippen molar-refractivity contribution in [3.05, 3.63) is 57.6 Å². The second kappa shape index (κ2) is 8.18. The molecule has 0 radical (unpaired) electrons. The number of nitrogens with zero attached hydrogens (tertiary/aromatic N) is 1. The van der Waals surface area contributed by atoms with E-state index in [1.165, 1.54) is 49.6 Å². The van der Waals surface area contributed by atoms with Crippen molar-refractivity contribution in [2.45, 2.75) is 0 Å². The molecule has 3 N–H and O–H groups in total. The van der Waals surface area contributed by atoms with Gasteiger partial charge in [0.2, 0.25) is 0 Å². The Balaban J connectivity index is 2.26. The zero-order chi connectivity index (χ0) is 19.3. The van der Waals surface area contributed by atoms with Gasteiger partial charge in [0.25, 0.3) is 5.91 Å². The number of carbonyl (C=O) groups is 2. The summed E-state index contributed by atoms with van der Waals surface area (Å²) in [6, 6.07) is 10.4. The summed E-state index contributed by atoms with van der Waals surface area (Å²) in [7, 11) is 1.38. The van der Waals surface area contributed by atoms with Gasteiger partial charge in [-0.15, -0.1) is 0 Å². The van der Waals surface area contributed by atoms with Crippen molar-refractivity contribution >= 4 is 39.6 Å². The fourth-order valence-corrected chi connectivity index (χ4v) is 2.50. The van der Waals surface area contributed by atoms with Crippen molar-refractivity contribution < 1.29 is 24.5 Å². The van der Waals surface area contributed by atoms with Gasteiger partial charge in [0.05, 0.1) is 17.1 Å². The van der Waals surface area contributed by atoms with Crippen LogP contribution in [0, 0.1) is 11.3 Å². The van der Waals surface area contributed by atoms with Crippen LogP contribution in [0.25, 0.3) is 6.08 Å². The van der Waals surface area contributed by atoms with E-state index >= 15 is 0 Å². The number of hydrogen-bond acceptors (Lipinski definition) is 5. The molecule has 0 aliphatic heterocycles. The number of carboxylic acids is 1. The molecule has 0 aliphatic carbocycles. The average molecular weight is 417 g/mol. The van der Waals surface area contributed by atoms with Crippen molar-refractivity contribution in [1.82, 2.24) is 0 Å². The predicted octanol–water partition coefficient (Wildman–Crippen LogP) is 3.41. The van der Waals surface area contributed by atoms with E-state index in [2.05, 4.69) is 21.2 Å². The lowest BCUT2D eigenvalue weighted by Gasteiger charge is -2.08. The van der Waals surface area contributed by atoms with Gasteiger partial charge in [-0.1, -0.05) is 0 Å². The fraction of sp³-hybridized carbons (Fsp3) is 0.0556. The summed E-state index contributed by atoms with van der Waals surface area (Å²) in [5.41, 5.74) is 0.733. The van der Waals surface area contributed by atoms with Crippen LogP contribution >= 0.6 is 15.9 Å². The Bertz CT molecular complexity index is 930. The number of carboxylic acid groups (broad SMARTS) is 1. The highest BCUT2D eigenvalue weighted by molar-refractivity contribution is 9.10. The lowest BCUT2D eigenvalue weighted by atomic mass is 10.1. The molecule has 0 aromatic heterocycles. The highest BCUT2D eigenvalue weighted by Gasteiger charge is 2.13. The van der Waals surface area contributed by atoms with Crippen LogP contribution in [0.4, 0.5) is 5.69 Å². The van der Waals surface area contributed by atoms with Gasteiger partial charge in [-0.05, 0) is 64.0 Å². The molecule has 0 bridgehead atoms. The van der Waals surface area contributed by atoms with Crippen LogP contribution in [0.2, 0.25) is 0 Å². The van der Waals surface area contributed by atoms with Gasteiger partial charge in [-0.25, -0.2) is 4.79 Å². The molecule has 0 atom stereocenters. The maximum atomic E-state index is 12.3. The summed E-state index contributed by atoms with van der Waals surface area (Å²) in [6.07, 6.45) is 1.34. The standard InChI is InChI=1S/C18H13BrN2O5/c1-26-15-8-10(7-14(19)16(15)22)6-12(9-20)17(23)21-13-4-2-11(3-5-13)18(24)25/h2-8,22H,1H3,(H,21,23)(H,24,25)/b12-6+. The number of phenols is 1. The number of hydrogen-bond donors (Lipinski definition) is 3. The number of amides is 1. The molecule has 0 saturated heterocycles. The highest BCUT2D eigenvalue weighted by Crippen LogP contribution is 2.35. The van der Waals surface area contributed by atoms with Gasteiger partial charge in [-0.2, -0.15) is 5.26 Å². The highest BCUT2D eigenvalue weighted by atomic mass is 79.9. The topological polar surface area (TPSA) is 120 Å². The minimum absolute atomic E-state index is 0.0834. The number of ether oxygens (including phenoxy) is 1. The van der Waals surface area contributed by atoms with Gasteiger partial charge >= 0.3 is 5.97 Å². The molecule has 0 saturated carbocycles. The van der Waals surface area contributed by atoms with E-state index in [4.69, 9.17) is 9.84 Å². The van der Waals surface area contributed by atoms with Crippen molar-refractivity contribution in [3.8, 4) is 17.6 Å². The number of nitriles is 1. The van der Waals surface area contributed by atoms with Crippen LogP contribution < -0.4 is 10.1 Å². The van der Waals surface area contributed by atoms with E-state index in [9.17, 15) is 20.0 Å². The van der Waals surface area contributed by atoms with E-state index in [1.807, 2.05) is 6.07 Å². The largest absolute Gasteiger partial charge is 0.503 e. The maximum Gasteiger partial charge on any atom is 0.335 e. The summed E-state index contributed by atoms with van der Waals surface area (Å²) in [5.74, 6) is -1.63. The van der Waals surface area contributed by atoms with Gasteiger partial charge in [0.1, 0.15) is 11.6 Å². The van der Waals surface area contributed by atoms with Crippen LogP contribution in [-0.2, 0) is 4.79 Å². The predicted molar refractivity (Wildman–Crippen MR) is 98.0 cm³/mol. The van der Waals surface area contributed by atoms with E-state index < -0.39 is 11.9 Å². The summed E-state index contributed by atoms with van der Waals surface area (Å²) in [4.78, 5) is 23.1. The molecule has 2 aromatic carbocycles. The fourth-order valence-electron chi connectivity index (χ4n) is 2.04. The molecule has 0 heterocycles. The summed E-state index contributed by atoms with van der Waals surface area (Å²) in [6.45, 7) is 0. The number of halogens is 1. The molecule has 2 rings (SSSR count). The van der Waals surface area contributed by atoms with Gasteiger partial charge in [-0.3, -0.25) is 4.79 Å². The molecule has 0 unspecified atom stereocenters. The van der Waals surface area contributed by atoms with E-state index in [1.54, 1.807) is 0 Å². The Hall–Kier alpha value is -3.31. The van der Waals surface area contributed by atoms with Crippen LogP contribution in [0.1, 0.15) is 15.9 Å². The third-order valence-corrected chi connectivity index (χ3v) is 3.94. The molecule has 0 fully saturated rings. The first kappa shape index (κ1) is 19.0. The quantitative estimate of drug-likeness (QED) is 0.507. The number of anilines is 1. The van der Waals surface area contributed by atoms with Gasteiger partial charge in [0.15, 0.2) is 11.5 Å². The molecule has 7 nitrogen and oxygen atoms in total. The first-order valence-electron chi connectivity index (χ1n) is 7.18. The minimum Gasteiger partial charge on any atom is -0.503 e. The zero-order valence-electron chi connectivity index (χ0n) is 13.5. The van der Waals surface area contributed by atoms with Crippen molar-refractivity contribution in [1.29, 1.82) is 5.26 Å². The third-order valence-electron chi connectivity index (χ3n) is 3.34. The summed E-state index contributed by atoms with van der Waals surface area (Å²) >= 11 is 3.17. The summed E-state index contributed by atoms with van der Waals surface area (Å²) < 4.78 is 5.38. The second-order valence-corrected chi connectivity index (χ2v) is 5.91. The van der Waals surface area contributed by atoms with Crippen LogP contribution in [0.15, 0.2) is 46.4 Å². The number of aromatic carboxylic acids is 1. The number of benzene rings is 2. The Morgan fingerprint density at radius 2 is 1.92 bits per heavy atom. The van der Waals surface area contributed by atoms with E-state index in [0.717, 1.165) is 0 Å². The second-order valence-electron chi connectivity index (χ2n) is 5.06. The molecular formula is C18H13BrN2O5. The normalized spacial score (nSPS) is 10.7. The number of nitrogens with one attached hydrogen (secondary N) is 1. The molecular weight excluding hydrogens is 404 g/mol. The van der Waals surface area contributed by atoms with Gasteiger partial charge in [0, 0.05) is 5.69 Å². The van der Waals surface area contributed by atoms with Gasteiger partial charge < -0.3 is 20.3 Å². The number of rotatable bonds is 5. The van der Waals surface area contributed by atoms with E-state index in [0.29, 0.717) is 15.7 Å². The average Bonchev–Trinajstić information content (AvgIpc) is 2.62. The first-order chi connectivity index (χ1) is 12.3.